The SMILES string of the molecule is O=C(NC1(C(F)(F)F)N=C(c2ccccc2)N(Cc2ccco2)C1=O)C1CC1. The molecule has 0 spiro atoms. The molecule has 1 N–H and O–H groups in total. The van der Waals surface area contributed by atoms with Crippen LogP contribution in [0.4, 0.5) is 13.2 Å². The third kappa shape index (κ3) is 3.06. The largest absolute Gasteiger partial charge is 0.467 e. The van der Waals surface area contributed by atoms with Crippen molar-refractivity contribution in [3.8, 4) is 0 Å². The van der Waals surface area contributed by atoms with Gasteiger partial charge >= 0.3 is 11.8 Å². The molecule has 28 heavy (non-hydrogen) atoms. The molecule has 1 aromatic carbocycles. The Morgan fingerprint density at radius 3 is 2.50 bits per heavy atom. The second kappa shape index (κ2) is 6.50. The first-order valence-corrected chi connectivity index (χ1v) is 8.70. The molecular formula is C19H16F3N3O3. The van der Waals surface area contributed by atoms with E-state index < -0.39 is 29.6 Å². The van der Waals surface area contributed by atoms with Gasteiger partial charge < -0.3 is 9.73 Å². The minimum Gasteiger partial charge on any atom is -0.467 e. The molecule has 0 radical (unpaired) electrons. The molecule has 1 saturated carbocycles. The van der Waals surface area contributed by atoms with Crippen LogP contribution in [-0.2, 0) is 16.1 Å². The standard InChI is InChI=1S/C19H16F3N3O3/c20-19(21,22)18(24-16(26)13-8-9-13)17(27)25(11-14-7-4-10-28-14)15(23-18)12-5-2-1-3-6-12/h1-7,10,13H,8-9,11H2,(H,24,26). The number of aliphatic imine (C=N–C) groups is 1. The number of hydrogen-bond acceptors (Lipinski definition) is 4. The highest BCUT2D eigenvalue weighted by molar-refractivity contribution is 6.16. The number of nitrogens with one attached hydrogen (secondary N) is 1. The van der Waals surface area contributed by atoms with E-state index in [0.29, 0.717) is 24.2 Å². The van der Waals surface area contributed by atoms with E-state index in [9.17, 15) is 22.8 Å². The summed E-state index contributed by atoms with van der Waals surface area (Å²) in [4.78, 5) is 29.8. The predicted octanol–water partition coefficient (Wildman–Crippen LogP) is 2.85. The highest BCUT2D eigenvalue weighted by Crippen LogP contribution is 2.40. The lowest BCUT2D eigenvalue weighted by atomic mass is 10.1. The van der Waals surface area contributed by atoms with Crippen molar-refractivity contribution < 1.29 is 27.2 Å². The molecule has 6 nitrogen and oxygen atoms in total. The smallest absolute Gasteiger partial charge is 0.442 e. The van der Waals surface area contributed by atoms with Gasteiger partial charge in [-0.2, -0.15) is 13.2 Å². The fraction of sp³-hybridized carbons (Fsp3) is 0.316. The quantitative estimate of drug-likeness (QED) is 0.852. The van der Waals surface area contributed by atoms with Crippen molar-refractivity contribution in [3.63, 3.8) is 0 Å². The van der Waals surface area contributed by atoms with Crippen molar-refractivity contribution >= 4 is 17.6 Å². The molecule has 1 fully saturated rings. The Morgan fingerprint density at radius 2 is 1.93 bits per heavy atom. The van der Waals surface area contributed by atoms with Crippen LogP contribution in [0.15, 0.2) is 58.1 Å². The topological polar surface area (TPSA) is 74.9 Å². The Balaban J connectivity index is 1.80. The van der Waals surface area contributed by atoms with Gasteiger partial charge in [0, 0.05) is 11.5 Å². The Kier molecular flexibility index (Phi) is 4.24. The van der Waals surface area contributed by atoms with Gasteiger partial charge in [-0.25, -0.2) is 4.99 Å². The summed E-state index contributed by atoms with van der Waals surface area (Å²) in [6, 6.07) is 11.2. The van der Waals surface area contributed by atoms with Gasteiger partial charge in [0.2, 0.25) is 5.91 Å². The van der Waals surface area contributed by atoms with Gasteiger partial charge in [0.25, 0.3) is 5.91 Å². The number of furan rings is 1. The maximum absolute atomic E-state index is 14.1. The van der Waals surface area contributed by atoms with Crippen LogP contribution in [0.25, 0.3) is 0 Å². The summed E-state index contributed by atoms with van der Waals surface area (Å²) in [5, 5.41) is 1.88. The average molecular weight is 391 g/mol. The molecule has 1 aliphatic carbocycles. The second-order valence-electron chi connectivity index (χ2n) is 6.74. The van der Waals surface area contributed by atoms with Gasteiger partial charge in [-0.05, 0) is 25.0 Å². The molecule has 2 aromatic rings. The van der Waals surface area contributed by atoms with Gasteiger partial charge in [0.05, 0.1) is 12.8 Å². The fourth-order valence-electron chi connectivity index (χ4n) is 3.03. The van der Waals surface area contributed by atoms with Crippen LogP contribution in [0.2, 0.25) is 0 Å². The van der Waals surface area contributed by atoms with Crippen LogP contribution in [-0.4, -0.2) is 34.4 Å². The molecule has 0 saturated heterocycles. The normalized spacial score (nSPS) is 22.3. The summed E-state index contributed by atoms with van der Waals surface area (Å²) in [6.07, 6.45) is -2.74. The van der Waals surface area contributed by atoms with Crippen LogP contribution < -0.4 is 5.32 Å². The lowest BCUT2D eigenvalue weighted by Crippen LogP contribution is -2.63. The first-order chi connectivity index (χ1) is 13.3. The van der Waals surface area contributed by atoms with Crippen molar-refractivity contribution in [2.75, 3.05) is 0 Å². The highest BCUT2D eigenvalue weighted by atomic mass is 19.4. The molecule has 4 rings (SSSR count). The van der Waals surface area contributed by atoms with Crippen molar-refractivity contribution in [3.05, 3.63) is 60.1 Å². The van der Waals surface area contributed by atoms with Gasteiger partial charge in [0.15, 0.2) is 0 Å². The van der Waals surface area contributed by atoms with Crippen molar-refractivity contribution in [1.82, 2.24) is 10.2 Å². The van der Waals surface area contributed by atoms with Crippen LogP contribution in [0.5, 0.6) is 0 Å². The summed E-state index contributed by atoms with van der Waals surface area (Å²) in [5.74, 6) is -2.56. The number of hydrogen-bond donors (Lipinski definition) is 1. The number of amidine groups is 1. The number of carbonyl (C=O) groups is 2. The molecular weight excluding hydrogens is 375 g/mol. The van der Waals surface area contributed by atoms with Gasteiger partial charge in [-0.1, -0.05) is 30.3 Å². The third-order valence-electron chi connectivity index (χ3n) is 4.67. The van der Waals surface area contributed by atoms with E-state index in [4.69, 9.17) is 4.42 Å². The molecule has 1 unspecified atom stereocenters. The third-order valence-corrected chi connectivity index (χ3v) is 4.67. The van der Waals surface area contributed by atoms with E-state index >= 15 is 0 Å². The molecule has 0 bridgehead atoms. The maximum Gasteiger partial charge on any atom is 0.442 e. The van der Waals surface area contributed by atoms with E-state index in [1.54, 1.807) is 42.5 Å². The summed E-state index contributed by atoms with van der Waals surface area (Å²) in [5.41, 5.74) is -3.01. The van der Waals surface area contributed by atoms with Crippen LogP contribution in [0.3, 0.4) is 0 Å². The van der Waals surface area contributed by atoms with E-state index in [-0.39, 0.29) is 12.4 Å². The van der Waals surface area contributed by atoms with Crippen molar-refractivity contribution in [2.45, 2.75) is 31.2 Å². The minimum absolute atomic E-state index is 0.171. The summed E-state index contributed by atoms with van der Waals surface area (Å²) >= 11 is 0. The van der Waals surface area contributed by atoms with Crippen LogP contribution >= 0.6 is 0 Å². The zero-order valence-corrected chi connectivity index (χ0v) is 14.6. The summed E-state index contributed by atoms with van der Waals surface area (Å²) < 4.78 is 47.4. The van der Waals surface area contributed by atoms with Gasteiger partial charge in [-0.15, -0.1) is 0 Å². The molecule has 1 atom stereocenters. The fourth-order valence-corrected chi connectivity index (χ4v) is 3.03. The zero-order chi connectivity index (χ0) is 19.9. The lowest BCUT2D eigenvalue weighted by Gasteiger charge is -2.29. The number of benzene rings is 1. The Labute approximate surface area is 158 Å². The number of alkyl halides is 3. The molecule has 146 valence electrons. The lowest BCUT2D eigenvalue weighted by molar-refractivity contribution is -0.200. The van der Waals surface area contributed by atoms with E-state index in [1.165, 1.54) is 6.26 Å². The van der Waals surface area contributed by atoms with E-state index in [1.807, 2.05) is 5.32 Å². The Hall–Kier alpha value is -3.10. The van der Waals surface area contributed by atoms with Crippen molar-refractivity contribution in [2.24, 2.45) is 10.9 Å². The monoisotopic (exact) mass is 391 g/mol. The summed E-state index contributed by atoms with van der Waals surface area (Å²) in [7, 11) is 0. The Bertz CT molecular complexity index is 921. The van der Waals surface area contributed by atoms with Crippen LogP contribution in [0.1, 0.15) is 24.2 Å². The minimum atomic E-state index is -5.10. The molecule has 2 aliphatic rings. The van der Waals surface area contributed by atoms with Gasteiger partial charge in [-0.3, -0.25) is 14.5 Å². The molecule has 9 heteroatoms. The first kappa shape index (κ1) is 18.3. The molecule has 2 amide bonds. The number of carbonyl (C=O) groups excluding carboxylic acids is 2. The van der Waals surface area contributed by atoms with Crippen LogP contribution in [0, 0.1) is 5.92 Å². The number of halogens is 3. The zero-order valence-electron chi connectivity index (χ0n) is 14.6. The molecule has 2 heterocycles. The summed E-state index contributed by atoms with van der Waals surface area (Å²) in [6.45, 7) is -0.239. The number of nitrogens with zero attached hydrogens (tertiary/aromatic N) is 2. The second-order valence-corrected chi connectivity index (χ2v) is 6.74. The molecule has 1 aromatic heterocycles. The predicted molar refractivity (Wildman–Crippen MR) is 91.9 cm³/mol. The number of amides is 2. The number of rotatable bonds is 5. The van der Waals surface area contributed by atoms with Gasteiger partial charge in [0.1, 0.15) is 11.6 Å². The van der Waals surface area contributed by atoms with Crippen molar-refractivity contribution in [1.29, 1.82) is 0 Å². The Morgan fingerprint density at radius 1 is 1.21 bits per heavy atom. The van der Waals surface area contributed by atoms with E-state index in [0.717, 1.165) is 4.90 Å². The maximum atomic E-state index is 14.1. The average Bonchev–Trinajstić information content (AvgIpc) is 3.32. The highest BCUT2D eigenvalue weighted by Gasteiger charge is 2.67. The first-order valence-electron chi connectivity index (χ1n) is 8.70. The molecule has 1 aliphatic heterocycles. The van der Waals surface area contributed by atoms with E-state index in [2.05, 4.69) is 4.99 Å².